The van der Waals surface area contributed by atoms with Crippen molar-refractivity contribution in [2.24, 2.45) is 0 Å². The third-order valence-electron chi connectivity index (χ3n) is 5.14. The summed E-state index contributed by atoms with van der Waals surface area (Å²) in [5.74, 6) is 1.37. The van der Waals surface area contributed by atoms with Crippen molar-refractivity contribution in [3.63, 3.8) is 0 Å². The minimum atomic E-state index is 0.214. The van der Waals surface area contributed by atoms with Crippen LogP contribution in [0.25, 0.3) is 16.8 Å². The molecule has 5 nitrogen and oxygen atoms in total. The zero-order valence-corrected chi connectivity index (χ0v) is 19.2. The summed E-state index contributed by atoms with van der Waals surface area (Å²) in [7, 11) is 1.65. The zero-order chi connectivity index (χ0) is 21.3. The van der Waals surface area contributed by atoms with Crippen molar-refractivity contribution in [2.75, 3.05) is 20.2 Å². The van der Waals surface area contributed by atoms with Crippen LogP contribution in [0.3, 0.4) is 0 Å². The van der Waals surface area contributed by atoms with Crippen LogP contribution in [0.15, 0.2) is 58.8 Å². The van der Waals surface area contributed by atoms with Crippen LogP contribution in [0.4, 0.5) is 0 Å². The molecule has 0 bridgehead atoms. The van der Waals surface area contributed by atoms with E-state index in [1.807, 2.05) is 60.4 Å². The van der Waals surface area contributed by atoms with Crippen LogP contribution in [0, 0.1) is 12.3 Å². The van der Waals surface area contributed by atoms with Gasteiger partial charge in [-0.15, -0.1) is 11.3 Å². The molecule has 0 aliphatic carbocycles. The number of rotatable bonds is 6. The van der Waals surface area contributed by atoms with Crippen molar-refractivity contribution in [3.05, 3.63) is 74.2 Å². The summed E-state index contributed by atoms with van der Waals surface area (Å²) in [4.78, 5) is 7.73. The molecular formula is C23H22BrN3O2S. The van der Waals surface area contributed by atoms with E-state index >= 15 is 0 Å². The molecule has 2 N–H and O–H groups in total. The number of aryl methyl sites for hydroxylation is 1. The molecule has 1 aliphatic rings. The van der Waals surface area contributed by atoms with Gasteiger partial charge in [0.1, 0.15) is 22.4 Å². The number of nitrogens with zero attached hydrogens (tertiary/aromatic N) is 2. The van der Waals surface area contributed by atoms with Gasteiger partial charge in [-0.3, -0.25) is 5.41 Å². The maximum Gasteiger partial charge on any atom is 0.135 e. The Morgan fingerprint density at radius 1 is 1.17 bits per heavy atom. The van der Waals surface area contributed by atoms with E-state index in [2.05, 4.69) is 15.9 Å². The summed E-state index contributed by atoms with van der Waals surface area (Å²) < 4.78 is 6.22. The molecule has 0 amide bonds. The number of methoxy groups -OCH3 is 1. The second-order valence-electron chi connectivity index (χ2n) is 7.12. The van der Waals surface area contributed by atoms with E-state index in [1.165, 1.54) is 16.9 Å². The van der Waals surface area contributed by atoms with E-state index in [-0.39, 0.29) is 5.76 Å². The SMILES string of the molecule is COc1ccc(CCN2CC(O)=C(c3nc(-c4ccc(Br)cc4)c(C)s3)C2=N)cc1. The molecule has 3 aromatic rings. The topological polar surface area (TPSA) is 69.4 Å². The average molecular weight is 484 g/mol. The lowest BCUT2D eigenvalue weighted by Gasteiger charge is -2.18. The molecule has 0 radical (unpaired) electrons. The maximum absolute atomic E-state index is 10.6. The van der Waals surface area contributed by atoms with Crippen molar-refractivity contribution in [1.29, 1.82) is 5.41 Å². The first-order valence-electron chi connectivity index (χ1n) is 9.59. The third kappa shape index (κ3) is 4.13. The van der Waals surface area contributed by atoms with Crippen molar-refractivity contribution >= 4 is 38.7 Å². The van der Waals surface area contributed by atoms with Gasteiger partial charge in [0, 0.05) is 21.5 Å². The van der Waals surface area contributed by atoms with Crippen LogP contribution in [-0.2, 0) is 6.42 Å². The van der Waals surface area contributed by atoms with Crippen LogP contribution >= 0.6 is 27.3 Å². The smallest absolute Gasteiger partial charge is 0.135 e. The Morgan fingerprint density at radius 3 is 2.53 bits per heavy atom. The Morgan fingerprint density at radius 2 is 1.87 bits per heavy atom. The normalized spacial score (nSPS) is 14.0. The lowest BCUT2D eigenvalue weighted by Crippen LogP contribution is -2.28. The van der Waals surface area contributed by atoms with Gasteiger partial charge in [0.25, 0.3) is 0 Å². The van der Waals surface area contributed by atoms with E-state index in [9.17, 15) is 5.11 Å². The van der Waals surface area contributed by atoms with Crippen LogP contribution < -0.4 is 4.74 Å². The molecule has 0 fully saturated rings. The van der Waals surface area contributed by atoms with Gasteiger partial charge >= 0.3 is 0 Å². The van der Waals surface area contributed by atoms with E-state index in [4.69, 9.17) is 15.1 Å². The molecule has 0 saturated heterocycles. The second-order valence-corrected chi connectivity index (χ2v) is 9.24. The number of benzene rings is 2. The number of aliphatic hydroxyl groups excluding tert-OH is 1. The molecule has 0 saturated carbocycles. The maximum atomic E-state index is 10.6. The molecule has 154 valence electrons. The van der Waals surface area contributed by atoms with Gasteiger partial charge in [-0.2, -0.15) is 0 Å². The Balaban J connectivity index is 1.49. The lowest BCUT2D eigenvalue weighted by atomic mass is 10.1. The summed E-state index contributed by atoms with van der Waals surface area (Å²) in [6.07, 6.45) is 0.786. The standard InChI is InChI=1S/C23H22BrN3O2S/c1-14-21(16-5-7-17(24)8-6-16)26-23(30-14)20-19(28)13-27(22(20)25)12-11-15-3-9-18(29-2)10-4-15/h3-10,25,28H,11-13H2,1-2H3. The highest BCUT2D eigenvalue weighted by molar-refractivity contribution is 9.10. The largest absolute Gasteiger partial charge is 0.510 e. The number of ether oxygens (including phenoxy) is 1. The Labute approximate surface area is 188 Å². The Hall–Kier alpha value is -2.64. The second kappa shape index (κ2) is 8.62. The van der Waals surface area contributed by atoms with Crippen LogP contribution in [0.5, 0.6) is 5.75 Å². The number of hydrogen-bond donors (Lipinski definition) is 2. The fourth-order valence-corrected chi connectivity index (χ4v) is 4.75. The summed E-state index contributed by atoms with van der Waals surface area (Å²) in [6, 6.07) is 16.0. The van der Waals surface area contributed by atoms with Crippen LogP contribution in [0.2, 0.25) is 0 Å². The molecule has 0 unspecified atom stereocenters. The molecule has 30 heavy (non-hydrogen) atoms. The highest BCUT2D eigenvalue weighted by atomic mass is 79.9. The fraction of sp³-hybridized carbons (Fsp3) is 0.217. The van der Waals surface area contributed by atoms with Crippen LogP contribution in [-0.4, -0.2) is 41.0 Å². The van der Waals surface area contributed by atoms with Gasteiger partial charge in [0.2, 0.25) is 0 Å². The molecule has 0 atom stereocenters. The summed E-state index contributed by atoms with van der Waals surface area (Å²) >= 11 is 4.98. The Bertz CT molecular complexity index is 1100. The molecule has 1 aliphatic heterocycles. The minimum absolute atomic E-state index is 0.214. The number of halogens is 1. The van der Waals surface area contributed by atoms with E-state index < -0.39 is 0 Å². The molecule has 4 rings (SSSR count). The Kier molecular flexibility index (Phi) is 5.92. The first-order valence-corrected chi connectivity index (χ1v) is 11.2. The van der Waals surface area contributed by atoms with Gasteiger partial charge in [0.05, 0.1) is 24.9 Å². The number of thiazole rings is 1. The zero-order valence-electron chi connectivity index (χ0n) is 16.8. The number of amidine groups is 1. The summed E-state index contributed by atoms with van der Waals surface area (Å²) in [6.45, 7) is 3.02. The summed E-state index contributed by atoms with van der Waals surface area (Å²) in [5.41, 5.74) is 3.63. The average Bonchev–Trinajstić information content (AvgIpc) is 3.26. The van der Waals surface area contributed by atoms with E-state index in [0.29, 0.717) is 29.5 Å². The fourth-order valence-electron chi connectivity index (χ4n) is 3.48. The van der Waals surface area contributed by atoms with Crippen LogP contribution in [0.1, 0.15) is 15.4 Å². The van der Waals surface area contributed by atoms with Gasteiger partial charge in [0.15, 0.2) is 0 Å². The number of aromatic nitrogens is 1. The predicted octanol–water partition coefficient (Wildman–Crippen LogP) is 5.69. The first kappa shape index (κ1) is 20.6. The van der Waals surface area contributed by atoms with Crippen molar-refractivity contribution in [2.45, 2.75) is 13.3 Å². The molecule has 7 heteroatoms. The van der Waals surface area contributed by atoms with Crippen molar-refractivity contribution in [3.8, 4) is 17.0 Å². The van der Waals surface area contributed by atoms with E-state index in [0.717, 1.165) is 32.8 Å². The lowest BCUT2D eigenvalue weighted by molar-refractivity contribution is 0.351. The van der Waals surface area contributed by atoms with Gasteiger partial charge in [-0.05, 0) is 43.2 Å². The van der Waals surface area contributed by atoms with E-state index in [1.54, 1.807) is 7.11 Å². The van der Waals surface area contributed by atoms with Gasteiger partial charge in [-0.25, -0.2) is 4.98 Å². The molecule has 1 aromatic heterocycles. The van der Waals surface area contributed by atoms with Gasteiger partial charge < -0.3 is 14.7 Å². The third-order valence-corrected chi connectivity index (χ3v) is 6.66. The quantitative estimate of drug-likeness (QED) is 0.472. The molecular weight excluding hydrogens is 462 g/mol. The predicted molar refractivity (Wildman–Crippen MR) is 126 cm³/mol. The van der Waals surface area contributed by atoms with Gasteiger partial charge in [-0.1, -0.05) is 40.2 Å². The number of hydrogen-bond acceptors (Lipinski definition) is 5. The van der Waals surface area contributed by atoms with Crippen molar-refractivity contribution < 1.29 is 9.84 Å². The van der Waals surface area contributed by atoms with Crippen molar-refractivity contribution in [1.82, 2.24) is 9.88 Å². The monoisotopic (exact) mass is 483 g/mol. The highest BCUT2D eigenvalue weighted by Crippen LogP contribution is 2.35. The number of nitrogens with one attached hydrogen (secondary N) is 1. The first-order chi connectivity index (χ1) is 14.5. The summed E-state index contributed by atoms with van der Waals surface area (Å²) in [5, 5.41) is 19.9. The molecule has 0 spiro atoms. The minimum Gasteiger partial charge on any atom is -0.510 e. The highest BCUT2D eigenvalue weighted by Gasteiger charge is 2.30. The molecule has 2 aromatic carbocycles. The molecule has 2 heterocycles. The number of aliphatic hydroxyl groups is 1.